The molecule has 0 saturated carbocycles. The van der Waals surface area contributed by atoms with Gasteiger partial charge in [0.25, 0.3) is 5.91 Å². The number of anilines is 1. The van der Waals surface area contributed by atoms with E-state index in [1.54, 1.807) is 25.1 Å². The van der Waals surface area contributed by atoms with Crippen LogP contribution in [0.5, 0.6) is 0 Å². The summed E-state index contributed by atoms with van der Waals surface area (Å²) in [6, 6.07) is 11.6. The van der Waals surface area contributed by atoms with E-state index < -0.39 is 59.0 Å². The minimum Gasteiger partial charge on any atom is -0.369 e. The van der Waals surface area contributed by atoms with Gasteiger partial charge in [0.1, 0.15) is 0 Å². The average molecular weight is 790 g/mol. The zero-order chi connectivity index (χ0) is 39.2. The number of para-hydroxylation sites is 1. The third-order valence-corrected chi connectivity index (χ3v) is 9.98. The Hall–Kier alpha value is -4.21. The molecule has 0 aromatic heterocycles. The number of carbonyl (C=O) groups is 3. The lowest BCUT2D eigenvalue weighted by molar-refractivity contribution is -0.143. The summed E-state index contributed by atoms with van der Waals surface area (Å²) in [7, 11) is 4.22. The summed E-state index contributed by atoms with van der Waals surface area (Å²) in [4.78, 5) is 45.2. The number of halogens is 8. The zero-order valence-corrected chi connectivity index (χ0v) is 30.9. The second-order valence-corrected chi connectivity index (χ2v) is 13.5. The highest BCUT2D eigenvalue weighted by Crippen LogP contribution is 2.37. The van der Waals surface area contributed by atoms with Crippen LogP contribution in [0.2, 0.25) is 10.0 Å². The maximum atomic E-state index is 13.5. The van der Waals surface area contributed by atoms with E-state index >= 15 is 0 Å². The predicted octanol–water partition coefficient (Wildman–Crippen LogP) is 8.14. The molecule has 5 amide bonds. The number of rotatable bonds is 10. The molecule has 0 unspecified atom stereocenters. The molecule has 53 heavy (non-hydrogen) atoms. The van der Waals surface area contributed by atoms with Crippen LogP contribution in [0, 0.1) is 0 Å². The average Bonchev–Trinajstić information content (AvgIpc) is 3.13. The highest BCUT2D eigenvalue weighted by atomic mass is 35.5. The molecule has 3 aromatic carbocycles. The van der Waals surface area contributed by atoms with Crippen molar-refractivity contribution in [3.63, 3.8) is 0 Å². The topological polar surface area (TPSA) is 88.2 Å². The molecule has 3 aromatic rings. The Morgan fingerprint density at radius 2 is 1.38 bits per heavy atom. The van der Waals surface area contributed by atoms with Crippen molar-refractivity contribution in [1.82, 2.24) is 25.3 Å². The van der Waals surface area contributed by atoms with Crippen molar-refractivity contribution in [2.45, 2.75) is 37.7 Å². The quantitative estimate of drug-likeness (QED) is 0.203. The van der Waals surface area contributed by atoms with Gasteiger partial charge in [-0.25, -0.2) is 14.5 Å². The molecule has 1 fully saturated rings. The molecule has 4 rings (SSSR count). The van der Waals surface area contributed by atoms with E-state index in [1.807, 2.05) is 24.3 Å². The lowest BCUT2D eigenvalue weighted by Crippen LogP contribution is -2.49. The van der Waals surface area contributed by atoms with Crippen LogP contribution in [-0.4, -0.2) is 93.1 Å². The molecule has 17 heteroatoms. The van der Waals surface area contributed by atoms with Gasteiger partial charge in [-0.2, -0.15) is 26.3 Å². The number of alkyl halides is 6. The molecule has 1 saturated heterocycles. The van der Waals surface area contributed by atoms with Gasteiger partial charge in [0.15, 0.2) is 0 Å². The minimum absolute atomic E-state index is 0.0153. The summed E-state index contributed by atoms with van der Waals surface area (Å²) in [6.45, 7) is 4.75. The van der Waals surface area contributed by atoms with E-state index in [0.717, 1.165) is 21.1 Å². The van der Waals surface area contributed by atoms with Crippen LogP contribution in [0.3, 0.4) is 0 Å². The molecule has 2 N–H and O–H groups in total. The second-order valence-electron chi connectivity index (χ2n) is 12.7. The lowest BCUT2D eigenvalue weighted by atomic mass is 9.94. The van der Waals surface area contributed by atoms with Gasteiger partial charge in [0.05, 0.1) is 27.2 Å². The maximum absolute atomic E-state index is 13.5. The van der Waals surface area contributed by atoms with Crippen LogP contribution in [0.15, 0.2) is 60.7 Å². The third kappa shape index (κ3) is 10.3. The Balaban J connectivity index is 1.50. The van der Waals surface area contributed by atoms with E-state index in [2.05, 4.69) is 20.4 Å². The number of benzene rings is 3. The highest BCUT2D eigenvalue weighted by molar-refractivity contribution is 6.42. The molecule has 288 valence electrons. The smallest absolute Gasteiger partial charge is 0.369 e. The summed E-state index contributed by atoms with van der Waals surface area (Å²) in [5.41, 5.74) is -1.54. The van der Waals surface area contributed by atoms with Crippen molar-refractivity contribution < 1.29 is 40.7 Å². The monoisotopic (exact) mass is 788 g/mol. The Bertz CT molecular complexity index is 1740. The number of carbonyl (C=O) groups excluding carboxylic acids is 3. The number of amides is 5. The molecule has 9 nitrogen and oxygen atoms in total. The van der Waals surface area contributed by atoms with Gasteiger partial charge in [-0.15, -0.1) is 0 Å². The second kappa shape index (κ2) is 17.3. The summed E-state index contributed by atoms with van der Waals surface area (Å²) in [5.74, 6) is -1.41. The van der Waals surface area contributed by atoms with Crippen LogP contribution in [0.1, 0.15) is 57.9 Å². The molecule has 1 aliphatic heterocycles. The van der Waals surface area contributed by atoms with E-state index in [0.29, 0.717) is 61.9 Å². The van der Waals surface area contributed by atoms with Crippen LogP contribution in [0.4, 0.5) is 41.6 Å². The molecule has 0 aliphatic carbocycles. The summed E-state index contributed by atoms with van der Waals surface area (Å²) < 4.78 is 81.1. The molecular formula is C36H40Cl2F6N6O3. The molecular weight excluding hydrogens is 749 g/mol. The molecule has 1 aliphatic rings. The number of hydrogen-bond acceptors (Lipinski definition) is 5. The van der Waals surface area contributed by atoms with Gasteiger partial charge >= 0.3 is 24.4 Å². The SMILES string of the molecule is CNC(=O)N(C(=O)NC)[C@@H](C)c1ccccc1N1CCN(CC[C@H](CN(C)C(=O)c2cc(C(F)(F)F)cc(C(F)(F)F)c2)c2ccc(Cl)c(Cl)c2)CC1. The number of urea groups is 2. The number of imide groups is 1. The summed E-state index contributed by atoms with van der Waals surface area (Å²) in [6.07, 6.45) is -9.73. The lowest BCUT2D eigenvalue weighted by Gasteiger charge is -2.39. The minimum atomic E-state index is -5.10. The Kier molecular flexibility index (Phi) is 13.6. The molecule has 1 heterocycles. The Morgan fingerprint density at radius 1 is 0.811 bits per heavy atom. The maximum Gasteiger partial charge on any atom is 0.416 e. The van der Waals surface area contributed by atoms with Crippen LogP contribution in [-0.2, 0) is 12.4 Å². The zero-order valence-electron chi connectivity index (χ0n) is 29.4. The molecule has 0 bridgehead atoms. The van der Waals surface area contributed by atoms with Gasteiger partial charge < -0.3 is 20.4 Å². The van der Waals surface area contributed by atoms with Gasteiger partial charge in [0, 0.05) is 71.0 Å². The van der Waals surface area contributed by atoms with Gasteiger partial charge in [0.2, 0.25) is 0 Å². The van der Waals surface area contributed by atoms with Gasteiger partial charge in [-0.05, 0) is 67.4 Å². The first-order valence-electron chi connectivity index (χ1n) is 16.6. The van der Waals surface area contributed by atoms with Crippen LogP contribution in [0.25, 0.3) is 0 Å². The summed E-state index contributed by atoms with van der Waals surface area (Å²) >= 11 is 12.5. The van der Waals surface area contributed by atoms with E-state index in [9.17, 15) is 40.7 Å². The largest absolute Gasteiger partial charge is 0.416 e. The van der Waals surface area contributed by atoms with E-state index in [-0.39, 0.29) is 17.6 Å². The summed E-state index contributed by atoms with van der Waals surface area (Å²) in [5, 5.41) is 5.56. The van der Waals surface area contributed by atoms with Crippen LogP contribution >= 0.6 is 23.2 Å². The number of likely N-dealkylation sites (N-methyl/N-ethyl adjacent to an activating group) is 1. The first kappa shape index (κ1) is 41.5. The highest BCUT2D eigenvalue weighted by Gasteiger charge is 2.38. The fraction of sp³-hybridized carbons (Fsp3) is 0.417. The number of hydrogen-bond donors (Lipinski definition) is 2. The number of piperazine rings is 1. The molecule has 0 spiro atoms. The van der Waals surface area contributed by atoms with Gasteiger partial charge in [-0.3, -0.25) is 9.69 Å². The Morgan fingerprint density at radius 3 is 1.91 bits per heavy atom. The third-order valence-electron chi connectivity index (χ3n) is 9.24. The number of nitrogens with zero attached hydrogens (tertiary/aromatic N) is 4. The van der Waals surface area contributed by atoms with Gasteiger partial charge in [-0.1, -0.05) is 47.5 Å². The molecule has 0 radical (unpaired) electrons. The van der Waals surface area contributed by atoms with Crippen molar-refractivity contribution in [3.8, 4) is 0 Å². The molecule has 2 atom stereocenters. The van der Waals surface area contributed by atoms with Crippen molar-refractivity contribution >= 4 is 46.9 Å². The van der Waals surface area contributed by atoms with E-state index in [4.69, 9.17) is 23.2 Å². The van der Waals surface area contributed by atoms with Crippen molar-refractivity contribution in [3.05, 3.63) is 98.5 Å². The van der Waals surface area contributed by atoms with Crippen molar-refractivity contribution in [2.24, 2.45) is 0 Å². The van der Waals surface area contributed by atoms with Crippen molar-refractivity contribution in [2.75, 3.05) is 65.3 Å². The van der Waals surface area contributed by atoms with Crippen molar-refractivity contribution in [1.29, 1.82) is 0 Å². The first-order valence-corrected chi connectivity index (χ1v) is 17.4. The van der Waals surface area contributed by atoms with Crippen LogP contribution < -0.4 is 15.5 Å². The fourth-order valence-corrected chi connectivity index (χ4v) is 6.65. The first-order chi connectivity index (χ1) is 24.8. The normalized spacial score (nSPS) is 15.1. The fourth-order valence-electron chi connectivity index (χ4n) is 6.35. The predicted molar refractivity (Wildman–Crippen MR) is 191 cm³/mol. The standard InChI is InChI=1S/C36H40Cl2F6N6O3/c1-22(50(33(52)45-2)34(53)46-3)28-7-5-6-8-31(28)49-15-13-48(14-16-49)12-11-24(23-9-10-29(37)30(38)19-23)21-47(4)32(51)25-17-26(35(39,40)41)20-27(18-25)36(42,43)44/h5-10,17-20,22,24H,11-16,21H2,1-4H3,(H,45,52)(H,46,53)/t22-,24+/m0/s1. The van der Waals surface area contributed by atoms with E-state index in [1.165, 1.54) is 21.1 Å². The Labute approximate surface area is 313 Å². The number of nitrogens with one attached hydrogen (secondary N) is 2.